The summed E-state index contributed by atoms with van der Waals surface area (Å²) < 4.78 is 0. The van der Waals surface area contributed by atoms with E-state index in [0.717, 1.165) is 5.56 Å². The number of amides is 2. The van der Waals surface area contributed by atoms with Gasteiger partial charge in [-0.15, -0.1) is 0 Å². The summed E-state index contributed by atoms with van der Waals surface area (Å²) in [5.74, 6) is 0. The Labute approximate surface area is 143 Å². The molecule has 0 saturated carbocycles. The molecule has 0 radical (unpaired) electrons. The molecule has 1 aliphatic heterocycles. The van der Waals surface area contributed by atoms with Crippen LogP contribution in [0.4, 0.5) is 4.79 Å². The highest BCUT2D eigenvalue weighted by Crippen LogP contribution is 2.29. The minimum absolute atomic E-state index is 0.0559. The molecule has 0 aromatic heterocycles. The maximum absolute atomic E-state index is 12.5. The average molecular weight is 326 g/mol. The Kier molecular flexibility index (Phi) is 4.50. The van der Waals surface area contributed by atoms with Gasteiger partial charge in [-0.3, -0.25) is 0 Å². The molecule has 2 amide bonds. The first-order valence-corrected chi connectivity index (χ1v) is 8.56. The van der Waals surface area contributed by atoms with Crippen molar-refractivity contribution in [1.29, 1.82) is 0 Å². The number of nitrogens with one attached hydrogen (secondary N) is 1. The Morgan fingerprint density at radius 1 is 1.25 bits per heavy atom. The maximum Gasteiger partial charge on any atom is 0.317 e. The first kappa shape index (κ1) is 16.8. The minimum atomic E-state index is -0.345. The maximum atomic E-state index is 12.5. The summed E-state index contributed by atoms with van der Waals surface area (Å²) in [6.45, 7) is 7.81. The van der Waals surface area contributed by atoms with Crippen LogP contribution >= 0.6 is 0 Å². The third-order valence-electron chi connectivity index (χ3n) is 5.12. The molecule has 2 N–H and O–H groups in total. The van der Waals surface area contributed by atoms with E-state index in [9.17, 15) is 9.90 Å². The summed E-state index contributed by atoms with van der Waals surface area (Å²) in [6.07, 6.45) is 0.288. The molecule has 4 nitrogen and oxygen atoms in total. The summed E-state index contributed by atoms with van der Waals surface area (Å²) in [5, 5.41) is 15.5. The average Bonchev–Trinajstić information content (AvgIpc) is 2.56. The lowest BCUT2D eigenvalue weighted by Crippen LogP contribution is -2.53. The molecular weight excluding hydrogens is 300 g/mol. The van der Waals surface area contributed by atoms with Gasteiger partial charge in [-0.25, -0.2) is 4.79 Å². The fraction of sp³-hybridized carbons (Fsp3) is 0.450. The van der Waals surface area contributed by atoms with E-state index in [2.05, 4.69) is 36.5 Å². The summed E-state index contributed by atoms with van der Waals surface area (Å²) in [6, 6.07) is 12.4. The summed E-state index contributed by atoms with van der Waals surface area (Å²) in [7, 11) is 0. The zero-order valence-electron chi connectivity index (χ0n) is 14.7. The van der Waals surface area contributed by atoms with Crippen molar-refractivity contribution in [3.8, 4) is 0 Å². The highest BCUT2D eigenvalue weighted by molar-refractivity contribution is 5.88. The van der Waals surface area contributed by atoms with Gasteiger partial charge in [0.1, 0.15) is 0 Å². The van der Waals surface area contributed by atoms with E-state index >= 15 is 0 Å². The Balaban J connectivity index is 1.70. The molecule has 1 fully saturated rings. The fourth-order valence-electron chi connectivity index (χ4n) is 3.47. The van der Waals surface area contributed by atoms with Crippen molar-refractivity contribution < 1.29 is 9.90 Å². The Bertz CT molecular complexity index is 754. The number of rotatable bonds is 2. The molecule has 1 unspecified atom stereocenters. The second kappa shape index (κ2) is 6.44. The summed E-state index contributed by atoms with van der Waals surface area (Å²) >= 11 is 0. The predicted octanol–water partition coefficient (Wildman–Crippen LogP) is 3.45. The van der Waals surface area contributed by atoms with E-state index in [4.69, 9.17) is 0 Å². The monoisotopic (exact) mass is 326 g/mol. The number of hydrogen-bond acceptors (Lipinski definition) is 2. The number of likely N-dealkylation sites (tertiary alicyclic amines) is 1. The number of carbonyl (C=O) groups is 1. The molecule has 1 heterocycles. The lowest BCUT2D eigenvalue weighted by Gasteiger charge is -2.41. The number of hydrogen-bond donors (Lipinski definition) is 2. The number of urea groups is 1. The van der Waals surface area contributed by atoms with Crippen molar-refractivity contribution in [2.45, 2.75) is 39.8 Å². The Morgan fingerprint density at radius 2 is 1.96 bits per heavy atom. The Morgan fingerprint density at radius 3 is 2.67 bits per heavy atom. The molecule has 128 valence electrons. The van der Waals surface area contributed by atoms with Gasteiger partial charge >= 0.3 is 6.03 Å². The van der Waals surface area contributed by atoms with Gasteiger partial charge in [0, 0.05) is 25.0 Å². The van der Waals surface area contributed by atoms with Gasteiger partial charge in [0.25, 0.3) is 0 Å². The summed E-state index contributed by atoms with van der Waals surface area (Å²) in [4.78, 5) is 14.3. The number of nitrogens with zero attached hydrogens (tertiary/aromatic N) is 1. The largest absolute Gasteiger partial charge is 0.392 e. The number of benzene rings is 2. The second-order valence-corrected chi connectivity index (χ2v) is 7.46. The molecule has 1 saturated heterocycles. The molecule has 3 rings (SSSR count). The smallest absolute Gasteiger partial charge is 0.317 e. The van der Waals surface area contributed by atoms with Crippen molar-refractivity contribution in [2.75, 3.05) is 13.1 Å². The lowest BCUT2D eigenvalue weighted by atomic mass is 9.81. The molecule has 2 aromatic rings. The van der Waals surface area contributed by atoms with Gasteiger partial charge in [0.2, 0.25) is 0 Å². The van der Waals surface area contributed by atoms with Crippen molar-refractivity contribution >= 4 is 16.8 Å². The third-order valence-corrected chi connectivity index (χ3v) is 5.12. The predicted molar refractivity (Wildman–Crippen MR) is 96.9 cm³/mol. The number of piperidine rings is 1. The lowest BCUT2D eigenvalue weighted by molar-refractivity contribution is -0.0114. The molecule has 0 bridgehead atoms. The van der Waals surface area contributed by atoms with Gasteiger partial charge < -0.3 is 15.3 Å². The van der Waals surface area contributed by atoms with Crippen molar-refractivity contribution in [3.05, 3.63) is 47.5 Å². The van der Waals surface area contributed by atoms with E-state index in [1.807, 2.05) is 30.9 Å². The van der Waals surface area contributed by atoms with E-state index < -0.39 is 0 Å². The third kappa shape index (κ3) is 3.24. The van der Waals surface area contributed by atoms with Crippen molar-refractivity contribution in [1.82, 2.24) is 10.2 Å². The number of carbonyl (C=O) groups excluding carboxylic acids is 1. The SMILES string of the molecule is Cc1ccc(CNC(=O)N2CCC(O)C(C)(C)C2)c2ccccc12. The summed E-state index contributed by atoms with van der Waals surface area (Å²) in [5.41, 5.74) is 2.11. The zero-order valence-corrected chi connectivity index (χ0v) is 14.7. The molecule has 4 heteroatoms. The quantitative estimate of drug-likeness (QED) is 0.888. The minimum Gasteiger partial charge on any atom is -0.392 e. The van der Waals surface area contributed by atoms with Crippen LogP contribution in [-0.2, 0) is 6.54 Å². The van der Waals surface area contributed by atoms with Gasteiger partial charge in [0.15, 0.2) is 0 Å². The first-order valence-electron chi connectivity index (χ1n) is 8.56. The topological polar surface area (TPSA) is 52.6 Å². The van der Waals surface area contributed by atoms with Gasteiger partial charge in [-0.05, 0) is 35.2 Å². The van der Waals surface area contributed by atoms with Crippen LogP contribution in [-0.4, -0.2) is 35.2 Å². The van der Waals surface area contributed by atoms with Crippen LogP contribution in [0.5, 0.6) is 0 Å². The van der Waals surface area contributed by atoms with Crippen LogP contribution < -0.4 is 5.32 Å². The van der Waals surface area contributed by atoms with E-state index in [1.54, 1.807) is 0 Å². The van der Waals surface area contributed by atoms with Crippen LogP contribution in [0.3, 0.4) is 0 Å². The highest BCUT2D eigenvalue weighted by atomic mass is 16.3. The van der Waals surface area contributed by atoms with Crippen molar-refractivity contribution in [3.63, 3.8) is 0 Å². The van der Waals surface area contributed by atoms with Gasteiger partial charge in [-0.1, -0.05) is 50.2 Å². The molecule has 1 atom stereocenters. The molecule has 0 spiro atoms. The fourth-order valence-corrected chi connectivity index (χ4v) is 3.47. The first-order chi connectivity index (χ1) is 11.4. The van der Waals surface area contributed by atoms with E-state index in [0.29, 0.717) is 26.1 Å². The second-order valence-electron chi connectivity index (χ2n) is 7.46. The molecule has 24 heavy (non-hydrogen) atoms. The molecular formula is C20H26N2O2. The number of aliphatic hydroxyl groups is 1. The molecule has 1 aliphatic rings. The van der Waals surface area contributed by atoms with Crippen LogP contribution in [0.2, 0.25) is 0 Å². The molecule has 0 aliphatic carbocycles. The van der Waals surface area contributed by atoms with Gasteiger partial charge in [-0.2, -0.15) is 0 Å². The number of fused-ring (bicyclic) bond motifs is 1. The van der Waals surface area contributed by atoms with E-state index in [1.165, 1.54) is 16.3 Å². The van der Waals surface area contributed by atoms with Crippen LogP contribution in [0, 0.1) is 12.3 Å². The molecule has 2 aromatic carbocycles. The number of aliphatic hydroxyl groups excluding tert-OH is 1. The van der Waals surface area contributed by atoms with Crippen molar-refractivity contribution in [2.24, 2.45) is 5.41 Å². The Hall–Kier alpha value is -2.07. The standard InChI is InChI=1S/C20H26N2O2/c1-14-8-9-15(17-7-5-4-6-16(14)17)12-21-19(24)22-11-10-18(23)20(2,3)13-22/h4-9,18,23H,10-13H2,1-3H3,(H,21,24). The zero-order chi connectivity index (χ0) is 17.3. The number of aryl methyl sites for hydroxylation is 1. The van der Waals surface area contributed by atoms with Crippen LogP contribution in [0.15, 0.2) is 36.4 Å². The highest BCUT2D eigenvalue weighted by Gasteiger charge is 2.36. The van der Waals surface area contributed by atoms with Crippen LogP contribution in [0.1, 0.15) is 31.4 Å². The van der Waals surface area contributed by atoms with Gasteiger partial charge in [0.05, 0.1) is 6.10 Å². The normalized spacial score (nSPS) is 20.2. The van der Waals surface area contributed by atoms with Crippen LogP contribution in [0.25, 0.3) is 10.8 Å². The van der Waals surface area contributed by atoms with E-state index in [-0.39, 0.29) is 17.6 Å².